The second kappa shape index (κ2) is 5.23. The summed E-state index contributed by atoms with van der Waals surface area (Å²) in [5, 5.41) is 8.97. The molecule has 0 aromatic carbocycles. The summed E-state index contributed by atoms with van der Waals surface area (Å²) in [5.74, 6) is -0.0619. The maximum atomic E-state index is 11.7. The Morgan fingerprint density at radius 1 is 1.63 bits per heavy atom. The van der Waals surface area contributed by atoms with Gasteiger partial charge in [0, 0.05) is 6.20 Å². The van der Waals surface area contributed by atoms with Crippen LogP contribution >= 0.6 is 0 Å². The molecular weight excluding hydrogens is 244 g/mol. The van der Waals surface area contributed by atoms with Gasteiger partial charge in [0.15, 0.2) is 0 Å². The highest BCUT2D eigenvalue weighted by atomic mass is 16.5. The number of ether oxygens (including phenoxy) is 1. The van der Waals surface area contributed by atoms with Crippen molar-refractivity contribution in [3.8, 4) is 11.9 Å². The van der Waals surface area contributed by atoms with Crippen LogP contribution in [0.5, 0.6) is 0 Å². The van der Waals surface area contributed by atoms with Crippen LogP contribution in [0.2, 0.25) is 0 Å². The molecule has 0 atom stereocenters. The summed E-state index contributed by atoms with van der Waals surface area (Å²) < 4.78 is 6.49. The minimum Gasteiger partial charge on any atom is -0.462 e. The van der Waals surface area contributed by atoms with Gasteiger partial charge in [-0.25, -0.2) is 9.78 Å². The number of hydrogen-bond donors (Lipinski definition) is 1. The number of nitrogens with zero attached hydrogens (tertiary/aromatic N) is 3. The number of anilines is 1. The lowest BCUT2D eigenvalue weighted by atomic mass is 10.2. The van der Waals surface area contributed by atoms with E-state index in [9.17, 15) is 4.79 Å². The molecule has 0 radical (unpaired) electrons. The quantitative estimate of drug-likeness (QED) is 0.840. The average molecular weight is 256 g/mol. The number of nitriles is 1. The van der Waals surface area contributed by atoms with Gasteiger partial charge >= 0.3 is 5.97 Å². The Hall–Kier alpha value is -2.81. The zero-order valence-electron chi connectivity index (χ0n) is 10.3. The zero-order valence-corrected chi connectivity index (χ0v) is 10.3. The van der Waals surface area contributed by atoms with Crippen LogP contribution in [0.25, 0.3) is 5.82 Å². The molecule has 0 saturated carbocycles. The van der Waals surface area contributed by atoms with Crippen LogP contribution in [0.1, 0.15) is 23.0 Å². The summed E-state index contributed by atoms with van der Waals surface area (Å²) in [7, 11) is 0. The molecular formula is C13H12N4O2. The number of rotatable bonds is 3. The fraction of sp³-hybridized carbons (Fsp3) is 0.154. The molecule has 2 rings (SSSR count). The molecule has 19 heavy (non-hydrogen) atoms. The molecule has 2 aromatic heterocycles. The van der Waals surface area contributed by atoms with E-state index in [-0.39, 0.29) is 17.9 Å². The molecule has 0 aliphatic carbocycles. The van der Waals surface area contributed by atoms with Crippen molar-refractivity contribution in [3.63, 3.8) is 0 Å². The zero-order chi connectivity index (χ0) is 13.8. The van der Waals surface area contributed by atoms with Crippen molar-refractivity contribution in [2.45, 2.75) is 6.92 Å². The van der Waals surface area contributed by atoms with E-state index in [0.717, 1.165) is 0 Å². The van der Waals surface area contributed by atoms with E-state index < -0.39 is 5.97 Å². The number of nitrogens with two attached hydrogens (primary N) is 1. The highest BCUT2D eigenvalue weighted by molar-refractivity contribution is 5.95. The highest BCUT2D eigenvalue weighted by Gasteiger charge is 2.14. The first-order chi connectivity index (χ1) is 9.17. The standard InChI is InChI=1S/C13H12N4O2/c1-2-19-13(18)10-6-12(16-8-11(10)15)17-5-3-4-9(17)7-14/h3-6,8H,2,15H2,1H3. The third kappa shape index (κ3) is 2.40. The van der Waals surface area contributed by atoms with Gasteiger partial charge in [-0.05, 0) is 25.1 Å². The lowest BCUT2D eigenvalue weighted by Gasteiger charge is -2.08. The molecule has 2 aromatic rings. The summed E-state index contributed by atoms with van der Waals surface area (Å²) in [5.41, 5.74) is 6.61. The Kier molecular flexibility index (Phi) is 3.48. The SMILES string of the molecule is CCOC(=O)c1cc(-n2cccc2C#N)ncc1N. The van der Waals surface area contributed by atoms with Crippen molar-refractivity contribution >= 4 is 11.7 Å². The summed E-state index contributed by atoms with van der Waals surface area (Å²) in [6.45, 7) is 1.98. The van der Waals surface area contributed by atoms with Gasteiger partial charge in [0.25, 0.3) is 0 Å². The fourth-order valence-corrected chi connectivity index (χ4v) is 1.64. The number of esters is 1. The molecule has 0 saturated heterocycles. The number of carbonyl (C=O) groups excluding carboxylic acids is 1. The van der Waals surface area contributed by atoms with Gasteiger partial charge in [-0.3, -0.25) is 4.57 Å². The van der Waals surface area contributed by atoms with E-state index in [2.05, 4.69) is 4.98 Å². The van der Waals surface area contributed by atoms with Crippen LogP contribution in [0.3, 0.4) is 0 Å². The Bertz CT molecular complexity index is 655. The second-order valence-corrected chi connectivity index (χ2v) is 3.73. The van der Waals surface area contributed by atoms with Crippen LogP contribution < -0.4 is 5.73 Å². The molecule has 0 spiro atoms. The molecule has 0 bridgehead atoms. The highest BCUT2D eigenvalue weighted by Crippen LogP contribution is 2.17. The first kappa shape index (κ1) is 12.6. The number of hydrogen-bond acceptors (Lipinski definition) is 5. The molecule has 0 aliphatic heterocycles. The predicted molar refractivity (Wildman–Crippen MR) is 68.6 cm³/mol. The normalized spacial score (nSPS) is 9.89. The van der Waals surface area contributed by atoms with Crippen LogP contribution in [-0.2, 0) is 4.74 Å². The van der Waals surface area contributed by atoms with Gasteiger partial charge in [0.2, 0.25) is 0 Å². The number of pyridine rings is 1. The number of aromatic nitrogens is 2. The van der Waals surface area contributed by atoms with E-state index in [1.807, 2.05) is 6.07 Å². The molecule has 2 N–H and O–H groups in total. The monoisotopic (exact) mass is 256 g/mol. The van der Waals surface area contributed by atoms with Crippen molar-refractivity contribution in [1.82, 2.24) is 9.55 Å². The Balaban J connectivity index is 2.47. The predicted octanol–water partition coefficient (Wildman–Crippen LogP) is 1.50. The smallest absolute Gasteiger partial charge is 0.340 e. The van der Waals surface area contributed by atoms with Gasteiger partial charge in [-0.2, -0.15) is 5.26 Å². The van der Waals surface area contributed by atoms with Gasteiger partial charge < -0.3 is 10.5 Å². The van der Waals surface area contributed by atoms with Crippen LogP contribution in [0, 0.1) is 11.3 Å². The molecule has 2 heterocycles. The number of nitrogen functional groups attached to an aromatic ring is 1. The summed E-state index contributed by atoms with van der Waals surface area (Å²) >= 11 is 0. The van der Waals surface area contributed by atoms with Crippen molar-refractivity contribution in [2.24, 2.45) is 0 Å². The van der Waals surface area contributed by atoms with Crippen LogP contribution in [-0.4, -0.2) is 22.1 Å². The molecule has 6 heteroatoms. The maximum absolute atomic E-state index is 11.7. The van der Waals surface area contributed by atoms with Crippen molar-refractivity contribution in [1.29, 1.82) is 5.26 Å². The van der Waals surface area contributed by atoms with E-state index in [0.29, 0.717) is 11.5 Å². The van der Waals surface area contributed by atoms with Gasteiger partial charge in [-0.15, -0.1) is 0 Å². The third-order valence-corrected chi connectivity index (χ3v) is 2.53. The van der Waals surface area contributed by atoms with Crippen molar-refractivity contribution in [2.75, 3.05) is 12.3 Å². The van der Waals surface area contributed by atoms with E-state index in [1.165, 1.54) is 12.3 Å². The van der Waals surface area contributed by atoms with Gasteiger partial charge in [0.1, 0.15) is 17.6 Å². The van der Waals surface area contributed by atoms with Crippen LogP contribution in [0.4, 0.5) is 5.69 Å². The summed E-state index contributed by atoms with van der Waals surface area (Å²) in [6.07, 6.45) is 3.06. The third-order valence-electron chi connectivity index (χ3n) is 2.53. The average Bonchev–Trinajstić information content (AvgIpc) is 2.88. The first-order valence-corrected chi connectivity index (χ1v) is 5.67. The maximum Gasteiger partial charge on any atom is 0.340 e. The Morgan fingerprint density at radius 3 is 3.11 bits per heavy atom. The largest absolute Gasteiger partial charge is 0.462 e. The van der Waals surface area contributed by atoms with Gasteiger partial charge in [0.05, 0.1) is 24.1 Å². The number of carbonyl (C=O) groups is 1. The second-order valence-electron chi connectivity index (χ2n) is 3.73. The Labute approximate surface area is 110 Å². The topological polar surface area (TPSA) is 93.9 Å². The molecule has 0 fully saturated rings. The lowest BCUT2D eigenvalue weighted by Crippen LogP contribution is -2.10. The van der Waals surface area contributed by atoms with E-state index in [1.54, 1.807) is 29.8 Å². The lowest BCUT2D eigenvalue weighted by molar-refractivity contribution is 0.0527. The minimum absolute atomic E-state index is 0.240. The molecule has 0 amide bonds. The minimum atomic E-state index is -0.505. The van der Waals surface area contributed by atoms with E-state index >= 15 is 0 Å². The first-order valence-electron chi connectivity index (χ1n) is 5.67. The van der Waals surface area contributed by atoms with Gasteiger partial charge in [-0.1, -0.05) is 0 Å². The molecule has 0 aliphatic rings. The summed E-state index contributed by atoms with van der Waals surface area (Å²) in [4.78, 5) is 15.8. The summed E-state index contributed by atoms with van der Waals surface area (Å²) in [6, 6.07) is 6.92. The van der Waals surface area contributed by atoms with E-state index in [4.69, 9.17) is 15.7 Å². The Morgan fingerprint density at radius 2 is 2.42 bits per heavy atom. The molecule has 0 unspecified atom stereocenters. The van der Waals surface area contributed by atoms with Crippen LogP contribution in [0.15, 0.2) is 30.6 Å². The molecule has 96 valence electrons. The van der Waals surface area contributed by atoms with Crippen molar-refractivity contribution in [3.05, 3.63) is 41.9 Å². The van der Waals surface area contributed by atoms with Crippen molar-refractivity contribution < 1.29 is 9.53 Å². The fourth-order valence-electron chi connectivity index (χ4n) is 1.64. The molecule has 6 nitrogen and oxygen atoms in total.